The number of fused-ring (bicyclic) bond motifs is 1. The summed E-state index contributed by atoms with van der Waals surface area (Å²) in [5, 5.41) is 7.75. The third kappa shape index (κ3) is 2.29. The number of hydrogen-bond acceptors (Lipinski definition) is 3. The summed E-state index contributed by atoms with van der Waals surface area (Å²) in [5.41, 5.74) is 5.45. The van der Waals surface area contributed by atoms with Crippen molar-refractivity contribution >= 4 is 11.2 Å². The standard InChI is InChI=1S/C15H16N4/c1-11-6-7-14(12(2)18-11)16-9-13-10-17-19-8-4-3-5-15(13)19/h3-8,10,16H,9H2,1-2H3. The molecule has 1 N–H and O–H groups in total. The van der Waals surface area contributed by atoms with Gasteiger partial charge in [-0.25, -0.2) is 4.52 Å². The summed E-state index contributed by atoms with van der Waals surface area (Å²) in [6.45, 7) is 4.77. The maximum absolute atomic E-state index is 4.45. The van der Waals surface area contributed by atoms with E-state index >= 15 is 0 Å². The fourth-order valence-electron chi connectivity index (χ4n) is 2.19. The molecule has 4 heteroatoms. The van der Waals surface area contributed by atoms with Crippen LogP contribution in [0, 0.1) is 13.8 Å². The van der Waals surface area contributed by atoms with E-state index in [4.69, 9.17) is 0 Å². The number of aromatic nitrogens is 3. The van der Waals surface area contributed by atoms with Crippen molar-refractivity contribution in [2.24, 2.45) is 0 Å². The van der Waals surface area contributed by atoms with Crippen molar-refractivity contribution in [3.63, 3.8) is 0 Å². The number of hydrogen-bond donors (Lipinski definition) is 1. The number of nitrogens with zero attached hydrogens (tertiary/aromatic N) is 3. The highest BCUT2D eigenvalue weighted by Gasteiger charge is 2.04. The summed E-state index contributed by atoms with van der Waals surface area (Å²) in [6, 6.07) is 10.2. The van der Waals surface area contributed by atoms with Gasteiger partial charge < -0.3 is 5.32 Å². The molecule has 3 rings (SSSR count). The molecular formula is C15H16N4. The molecule has 0 radical (unpaired) electrons. The Bertz CT molecular complexity index is 715. The van der Waals surface area contributed by atoms with Crippen molar-refractivity contribution in [1.29, 1.82) is 0 Å². The third-order valence-corrected chi connectivity index (χ3v) is 3.20. The zero-order valence-electron chi connectivity index (χ0n) is 11.1. The number of rotatable bonds is 3. The van der Waals surface area contributed by atoms with Crippen LogP contribution in [0.15, 0.2) is 42.7 Å². The minimum atomic E-state index is 0.749. The molecule has 0 saturated carbocycles. The fraction of sp³-hybridized carbons (Fsp3) is 0.200. The first-order valence-electron chi connectivity index (χ1n) is 6.33. The van der Waals surface area contributed by atoms with Crippen LogP contribution in [-0.2, 0) is 6.54 Å². The summed E-state index contributed by atoms with van der Waals surface area (Å²) >= 11 is 0. The summed E-state index contributed by atoms with van der Waals surface area (Å²) < 4.78 is 1.89. The first-order chi connectivity index (χ1) is 9.24. The molecule has 0 aliphatic heterocycles. The van der Waals surface area contributed by atoms with E-state index in [2.05, 4.69) is 27.5 Å². The minimum absolute atomic E-state index is 0.749. The Labute approximate surface area is 112 Å². The Morgan fingerprint density at radius 1 is 1.16 bits per heavy atom. The maximum atomic E-state index is 4.45. The van der Waals surface area contributed by atoms with Crippen LogP contribution >= 0.6 is 0 Å². The Kier molecular flexibility index (Phi) is 2.91. The van der Waals surface area contributed by atoms with Crippen LogP contribution in [0.3, 0.4) is 0 Å². The molecule has 96 valence electrons. The molecule has 0 atom stereocenters. The summed E-state index contributed by atoms with van der Waals surface area (Å²) in [6.07, 6.45) is 3.86. The normalized spacial score (nSPS) is 10.8. The van der Waals surface area contributed by atoms with Crippen molar-refractivity contribution in [2.45, 2.75) is 20.4 Å². The van der Waals surface area contributed by atoms with Gasteiger partial charge in [-0.05, 0) is 38.1 Å². The lowest BCUT2D eigenvalue weighted by Gasteiger charge is -2.08. The zero-order chi connectivity index (χ0) is 13.2. The number of anilines is 1. The van der Waals surface area contributed by atoms with Gasteiger partial charge >= 0.3 is 0 Å². The topological polar surface area (TPSA) is 42.2 Å². The molecule has 3 heterocycles. The number of nitrogens with one attached hydrogen (secondary N) is 1. The summed E-state index contributed by atoms with van der Waals surface area (Å²) in [5.74, 6) is 0. The lowest BCUT2D eigenvalue weighted by molar-refractivity contribution is 0.961. The average Bonchev–Trinajstić information content (AvgIpc) is 2.81. The molecule has 0 bridgehead atoms. The van der Waals surface area contributed by atoms with E-state index < -0.39 is 0 Å². The van der Waals surface area contributed by atoms with Crippen molar-refractivity contribution < 1.29 is 0 Å². The second kappa shape index (κ2) is 4.72. The van der Waals surface area contributed by atoms with Crippen LogP contribution in [0.25, 0.3) is 5.52 Å². The van der Waals surface area contributed by atoms with Gasteiger partial charge in [-0.1, -0.05) is 6.07 Å². The predicted molar refractivity (Wildman–Crippen MR) is 76.2 cm³/mol. The molecule has 0 spiro atoms. The molecule has 0 unspecified atom stereocenters. The van der Waals surface area contributed by atoms with E-state index in [1.807, 2.05) is 49.0 Å². The molecule has 4 nitrogen and oxygen atoms in total. The van der Waals surface area contributed by atoms with E-state index in [1.54, 1.807) is 0 Å². The highest BCUT2D eigenvalue weighted by molar-refractivity contribution is 5.56. The molecule has 0 aliphatic carbocycles. The molecule has 0 saturated heterocycles. The van der Waals surface area contributed by atoms with Gasteiger partial charge in [-0.15, -0.1) is 0 Å². The van der Waals surface area contributed by atoms with Gasteiger partial charge in [0.1, 0.15) is 0 Å². The van der Waals surface area contributed by atoms with E-state index in [0.29, 0.717) is 0 Å². The number of pyridine rings is 2. The predicted octanol–water partition coefficient (Wildman–Crippen LogP) is 2.96. The molecule has 19 heavy (non-hydrogen) atoms. The van der Waals surface area contributed by atoms with Crippen LogP contribution in [0.1, 0.15) is 17.0 Å². The van der Waals surface area contributed by atoms with Crippen molar-refractivity contribution in [3.05, 3.63) is 59.7 Å². The first kappa shape index (κ1) is 11.7. The smallest absolute Gasteiger partial charge is 0.0711 e. The van der Waals surface area contributed by atoms with Crippen LogP contribution in [-0.4, -0.2) is 14.6 Å². The molecule has 0 aliphatic rings. The Balaban J connectivity index is 1.82. The monoisotopic (exact) mass is 252 g/mol. The Morgan fingerprint density at radius 3 is 2.89 bits per heavy atom. The molecule has 0 fully saturated rings. The molecular weight excluding hydrogens is 236 g/mol. The fourth-order valence-corrected chi connectivity index (χ4v) is 2.19. The first-order valence-corrected chi connectivity index (χ1v) is 6.33. The third-order valence-electron chi connectivity index (χ3n) is 3.20. The van der Waals surface area contributed by atoms with Gasteiger partial charge in [0.25, 0.3) is 0 Å². The van der Waals surface area contributed by atoms with Gasteiger partial charge in [0.2, 0.25) is 0 Å². The summed E-state index contributed by atoms with van der Waals surface area (Å²) in [7, 11) is 0. The van der Waals surface area contributed by atoms with Gasteiger partial charge in [0.05, 0.1) is 23.1 Å². The van der Waals surface area contributed by atoms with Crippen molar-refractivity contribution in [2.75, 3.05) is 5.32 Å². The quantitative estimate of drug-likeness (QED) is 0.779. The second-order valence-corrected chi connectivity index (χ2v) is 4.64. The van der Waals surface area contributed by atoms with Gasteiger partial charge in [-0.2, -0.15) is 5.10 Å². The van der Waals surface area contributed by atoms with Crippen LogP contribution in [0.2, 0.25) is 0 Å². The van der Waals surface area contributed by atoms with Crippen LogP contribution in [0.4, 0.5) is 5.69 Å². The zero-order valence-corrected chi connectivity index (χ0v) is 11.1. The van der Waals surface area contributed by atoms with Crippen LogP contribution in [0.5, 0.6) is 0 Å². The van der Waals surface area contributed by atoms with E-state index in [1.165, 1.54) is 5.56 Å². The number of aryl methyl sites for hydroxylation is 2. The van der Waals surface area contributed by atoms with Gasteiger partial charge in [0, 0.05) is 24.0 Å². The second-order valence-electron chi connectivity index (χ2n) is 4.64. The molecule has 3 aromatic rings. The molecule has 0 amide bonds. The summed E-state index contributed by atoms with van der Waals surface area (Å²) in [4.78, 5) is 4.45. The van der Waals surface area contributed by atoms with Crippen molar-refractivity contribution in [1.82, 2.24) is 14.6 Å². The Hall–Kier alpha value is -2.36. The average molecular weight is 252 g/mol. The largest absolute Gasteiger partial charge is 0.379 e. The molecule has 3 aromatic heterocycles. The van der Waals surface area contributed by atoms with Gasteiger partial charge in [-0.3, -0.25) is 4.98 Å². The Morgan fingerprint density at radius 2 is 2.05 bits per heavy atom. The van der Waals surface area contributed by atoms with Gasteiger partial charge in [0.15, 0.2) is 0 Å². The highest BCUT2D eigenvalue weighted by atomic mass is 15.2. The van der Waals surface area contributed by atoms with E-state index in [9.17, 15) is 0 Å². The maximum Gasteiger partial charge on any atom is 0.0711 e. The lowest BCUT2D eigenvalue weighted by atomic mass is 10.2. The van der Waals surface area contributed by atoms with E-state index in [0.717, 1.165) is 29.1 Å². The van der Waals surface area contributed by atoms with Crippen LogP contribution < -0.4 is 5.32 Å². The minimum Gasteiger partial charge on any atom is -0.379 e. The molecule has 0 aromatic carbocycles. The van der Waals surface area contributed by atoms with Crippen molar-refractivity contribution in [3.8, 4) is 0 Å². The lowest BCUT2D eigenvalue weighted by Crippen LogP contribution is -2.02. The van der Waals surface area contributed by atoms with E-state index in [-0.39, 0.29) is 0 Å². The SMILES string of the molecule is Cc1ccc(NCc2cnn3ccccc23)c(C)n1. The highest BCUT2D eigenvalue weighted by Crippen LogP contribution is 2.16.